The van der Waals surface area contributed by atoms with Gasteiger partial charge < -0.3 is 9.47 Å². The summed E-state index contributed by atoms with van der Waals surface area (Å²) in [4.78, 5) is 19.9. The van der Waals surface area contributed by atoms with Gasteiger partial charge in [-0.15, -0.1) is 11.8 Å². The summed E-state index contributed by atoms with van der Waals surface area (Å²) in [5.74, 6) is 1.03. The molecule has 0 aliphatic carbocycles. The van der Waals surface area contributed by atoms with Crippen LogP contribution in [0.4, 0.5) is 0 Å². The molecule has 25 heavy (non-hydrogen) atoms. The summed E-state index contributed by atoms with van der Waals surface area (Å²) in [6.45, 7) is 2.86. The zero-order valence-corrected chi connectivity index (χ0v) is 15.8. The van der Waals surface area contributed by atoms with Crippen LogP contribution in [0.25, 0.3) is 0 Å². The molecule has 2 aromatic rings. The van der Waals surface area contributed by atoms with E-state index in [1.807, 2.05) is 18.7 Å². The largest absolute Gasteiger partial charge is 0.343 e. The van der Waals surface area contributed by atoms with Crippen molar-refractivity contribution in [3.8, 4) is 0 Å². The molecule has 5 heteroatoms. The lowest BCUT2D eigenvalue weighted by Crippen LogP contribution is -2.38. The van der Waals surface area contributed by atoms with Gasteiger partial charge >= 0.3 is 0 Å². The molecule has 0 N–H and O–H groups in total. The van der Waals surface area contributed by atoms with Crippen LogP contribution in [0, 0.1) is 5.92 Å². The number of likely N-dealkylation sites (tertiary alicyclic amines) is 1. The zero-order chi connectivity index (χ0) is 17.5. The minimum absolute atomic E-state index is 0.307. The second-order valence-corrected chi connectivity index (χ2v) is 7.64. The molecular formula is C20H27N3OS. The fraction of sp³-hybridized carbons (Fsp3) is 0.500. The van der Waals surface area contributed by atoms with Crippen molar-refractivity contribution in [1.82, 2.24) is 14.5 Å². The van der Waals surface area contributed by atoms with Crippen LogP contribution in [0.5, 0.6) is 0 Å². The lowest BCUT2D eigenvalue weighted by molar-refractivity contribution is -0.132. The average molecular weight is 358 g/mol. The van der Waals surface area contributed by atoms with Crippen molar-refractivity contribution in [2.45, 2.75) is 43.5 Å². The monoisotopic (exact) mass is 357 g/mol. The topological polar surface area (TPSA) is 38.1 Å². The number of nitrogens with zero attached hydrogens (tertiary/aromatic N) is 3. The number of imidazole rings is 1. The summed E-state index contributed by atoms with van der Waals surface area (Å²) in [7, 11) is 0. The quantitative estimate of drug-likeness (QED) is 0.706. The van der Waals surface area contributed by atoms with E-state index in [1.165, 1.54) is 16.9 Å². The Morgan fingerprint density at radius 2 is 2.00 bits per heavy atom. The van der Waals surface area contributed by atoms with Gasteiger partial charge in [0.05, 0.1) is 6.33 Å². The molecule has 3 rings (SSSR count). The Morgan fingerprint density at radius 1 is 1.24 bits per heavy atom. The Bertz CT molecular complexity index is 646. The van der Waals surface area contributed by atoms with Gasteiger partial charge in [0.15, 0.2) is 0 Å². The van der Waals surface area contributed by atoms with E-state index >= 15 is 0 Å². The third kappa shape index (κ3) is 5.36. The van der Waals surface area contributed by atoms with E-state index in [0.717, 1.165) is 44.8 Å². The van der Waals surface area contributed by atoms with Gasteiger partial charge in [0, 0.05) is 43.3 Å². The third-order valence-electron chi connectivity index (χ3n) is 5.11. The van der Waals surface area contributed by atoms with Crippen molar-refractivity contribution in [3.05, 3.63) is 48.5 Å². The molecule has 1 aromatic carbocycles. The van der Waals surface area contributed by atoms with Crippen molar-refractivity contribution in [1.29, 1.82) is 0 Å². The number of benzene rings is 1. The molecule has 1 aliphatic heterocycles. The van der Waals surface area contributed by atoms with Crippen molar-refractivity contribution < 1.29 is 4.79 Å². The molecule has 0 unspecified atom stereocenters. The minimum atomic E-state index is 0.307. The molecule has 1 amide bonds. The maximum atomic E-state index is 12.5. The van der Waals surface area contributed by atoms with Gasteiger partial charge in [-0.3, -0.25) is 4.79 Å². The Morgan fingerprint density at radius 3 is 2.64 bits per heavy atom. The molecule has 4 nitrogen and oxygen atoms in total. The van der Waals surface area contributed by atoms with Crippen LogP contribution >= 0.6 is 11.8 Å². The van der Waals surface area contributed by atoms with Crippen LogP contribution in [-0.4, -0.2) is 39.7 Å². The number of aryl methyl sites for hydroxylation is 2. The van der Waals surface area contributed by atoms with Gasteiger partial charge in [-0.2, -0.15) is 0 Å². The van der Waals surface area contributed by atoms with Crippen LogP contribution in [0.1, 0.15) is 31.2 Å². The van der Waals surface area contributed by atoms with Gasteiger partial charge in [-0.1, -0.05) is 12.1 Å². The van der Waals surface area contributed by atoms with Crippen LogP contribution < -0.4 is 0 Å². The normalized spacial score (nSPS) is 15.5. The smallest absolute Gasteiger partial charge is 0.222 e. The van der Waals surface area contributed by atoms with Crippen LogP contribution in [0.2, 0.25) is 0 Å². The summed E-state index contributed by atoms with van der Waals surface area (Å²) in [6, 6.07) is 8.55. The Hall–Kier alpha value is -1.75. The lowest BCUT2D eigenvalue weighted by atomic mass is 9.93. The van der Waals surface area contributed by atoms with Crippen molar-refractivity contribution in [3.63, 3.8) is 0 Å². The first-order valence-corrected chi connectivity index (χ1v) is 10.3. The highest BCUT2D eigenvalue weighted by atomic mass is 32.2. The molecule has 0 bridgehead atoms. The van der Waals surface area contributed by atoms with E-state index < -0.39 is 0 Å². The second-order valence-electron chi connectivity index (χ2n) is 6.76. The highest BCUT2D eigenvalue weighted by molar-refractivity contribution is 7.98. The molecule has 0 radical (unpaired) electrons. The second kappa shape index (κ2) is 9.09. The number of thioether (sulfide) groups is 1. The number of hydrogen-bond donors (Lipinski definition) is 0. The van der Waals surface area contributed by atoms with Crippen molar-refractivity contribution in [2.24, 2.45) is 5.92 Å². The summed E-state index contributed by atoms with van der Waals surface area (Å²) in [5, 5.41) is 0. The summed E-state index contributed by atoms with van der Waals surface area (Å²) < 4.78 is 2.14. The maximum absolute atomic E-state index is 12.5. The van der Waals surface area contributed by atoms with E-state index in [9.17, 15) is 4.79 Å². The van der Waals surface area contributed by atoms with Gasteiger partial charge in [0.1, 0.15) is 0 Å². The Kier molecular flexibility index (Phi) is 6.56. The average Bonchev–Trinajstić information content (AvgIpc) is 3.19. The highest BCUT2D eigenvalue weighted by Gasteiger charge is 2.22. The molecule has 2 heterocycles. The molecule has 1 saturated heterocycles. The number of hydrogen-bond acceptors (Lipinski definition) is 3. The first-order valence-electron chi connectivity index (χ1n) is 9.11. The fourth-order valence-corrected chi connectivity index (χ4v) is 3.83. The first-order chi connectivity index (χ1) is 12.2. The number of rotatable bonds is 7. The summed E-state index contributed by atoms with van der Waals surface area (Å²) >= 11 is 1.75. The third-order valence-corrected chi connectivity index (χ3v) is 5.85. The standard InChI is InChI=1S/C20H27N3OS/c1-25-19-5-2-17(3-6-19)4-7-20(24)23-13-9-18(10-14-23)8-12-22-15-11-21-16-22/h2-3,5-6,11,15-16,18H,4,7-10,12-14H2,1H3. The molecule has 134 valence electrons. The number of carbonyl (C=O) groups is 1. The highest BCUT2D eigenvalue weighted by Crippen LogP contribution is 2.22. The van der Waals surface area contributed by atoms with Gasteiger partial charge in [0.2, 0.25) is 5.91 Å². The number of amides is 1. The predicted octanol–water partition coefficient (Wildman–Crippen LogP) is 3.87. The molecule has 0 spiro atoms. The Balaban J connectivity index is 1.37. The van der Waals surface area contributed by atoms with Crippen molar-refractivity contribution in [2.75, 3.05) is 19.3 Å². The van der Waals surface area contributed by atoms with E-state index in [2.05, 4.69) is 45.0 Å². The van der Waals surface area contributed by atoms with Crippen molar-refractivity contribution >= 4 is 17.7 Å². The molecule has 1 aromatic heterocycles. The van der Waals surface area contributed by atoms with Gasteiger partial charge in [-0.25, -0.2) is 4.98 Å². The lowest BCUT2D eigenvalue weighted by Gasteiger charge is -2.32. The Labute approximate surface area is 154 Å². The number of carbonyl (C=O) groups excluding carboxylic acids is 1. The molecular weight excluding hydrogens is 330 g/mol. The van der Waals surface area contributed by atoms with Crippen LogP contribution in [0.15, 0.2) is 47.9 Å². The molecule has 1 fully saturated rings. The minimum Gasteiger partial charge on any atom is -0.343 e. The SMILES string of the molecule is CSc1ccc(CCC(=O)N2CCC(CCn3ccnc3)CC2)cc1. The summed E-state index contributed by atoms with van der Waals surface area (Å²) in [6.07, 6.45) is 12.7. The van der Waals surface area contributed by atoms with Gasteiger partial charge in [-0.05, 0) is 55.6 Å². The molecule has 1 aliphatic rings. The molecule has 0 saturated carbocycles. The van der Waals surface area contributed by atoms with Crippen LogP contribution in [0.3, 0.4) is 0 Å². The maximum Gasteiger partial charge on any atom is 0.222 e. The number of aromatic nitrogens is 2. The van der Waals surface area contributed by atoms with E-state index in [4.69, 9.17) is 0 Å². The van der Waals surface area contributed by atoms with Gasteiger partial charge in [0.25, 0.3) is 0 Å². The van der Waals surface area contributed by atoms with Crippen LogP contribution in [-0.2, 0) is 17.8 Å². The number of piperidine rings is 1. The fourth-order valence-electron chi connectivity index (χ4n) is 3.42. The zero-order valence-electron chi connectivity index (χ0n) is 14.9. The molecule has 0 atom stereocenters. The predicted molar refractivity (Wildman–Crippen MR) is 103 cm³/mol. The van der Waals surface area contributed by atoms with E-state index in [0.29, 0.717) is 12.3 Å². The summed E-state index contributed by atoms with van der Waals surface area (Å²) in [5.41, 5.74) is 1.25. The van der Waals surface area contributed by atoms with E-state index in [1.54, 1.807) is 11.8 Å². The van der Waals surface area contributed by atoms with E-state index in [-0.39, 0.29) is 0 Å². The first kappa shape index (κ1) is 18.1.